The van der Waals surface area contributed by atoms with Crippen LogP contribution in [0.2, 0.25) is 0 Å². The van der Waals surface area contributed by atoms with Crippen LogP contribution in [0, 0.1) is 17.8 Å². The number of hydrazine groups is 1. The summed E-state index contributed by atoms with van der Waals surface area (Å²) >= 11 is 0. The van der Waals surface area contributed by atoms with Crippen molar-refractivity contribution >= 4 is 11.8 Å². The van der Waals surface area contributed by atoms with Crippen LogP contribution in [0.5, 0.6) is 11.5 Å². The average molecular weight is 316 g/mol. The number of fused-ring (bicyclic) bond motifs is 2. The van der Waals surface area contributed by atoms with Crippen molar-refractivity contribution in [2.75, 3.05) is 6.61 Å². The smallest absolute Gasteiger partial charge is 0.283 e. The van der Waals surface area contributed by atoms with Gasteiger partial charge < -0.3 is 9.47 Å². The molecule has 1 aliphatic heterocycles. The predicted octanol–water partition coefficient (Wildman–Crippen LogP) is 1.41. The number of hydrogen-bond acceptors (Lipinski definition) is 4. The van der Waals surface area contributed by atoms with Gasteiger partial charge in [-0.1, -0.05) is 25.0 Å². The van der Waals surface area contributed by atoms with Gasteiger partial charge in [0.25, 0.3) is 5.91 Å². The van der Waals surface area contributed by atoms with Crippen molar-refractivity contribution in [1.82, 2.24) is 10.9 Å². The zero-order chi connectivity index (χ0) is 15.8. The molecule has 0 aromatic heterocycles. The highest BCUT2D eigenvalue weighted by molar-refractivity contribution is 5.87. The summed E-state index contributed by atoms with van der Waals surface area (Å²) in [7, 11) is 0. The van der Waals surface area contributed by atoms with Gasteiger partial charge in [-0.25, -0.2) is 0 Å². The predicted molar refractivity (Wildman–Crippen MR) is 81.6 cm³/mol. The molecule has 0 spiro atoms. The van der Waals surface area contributed by atoms with Gasteiger partial charge in [-0.2, -0.15) is 0 Å². The second kappa shape index (κ2) is 5.76. The van der Waals surface area contributed by atoms with Gasteiger partial charge in [0.05, 0.1) is 0 Å². The maximum Gasteiger partial charge on any atom is 0.283 e. The largest absolute Gasteiger partial charge is 0.485 e. The van der Waals surface area contributed by atoms with Gasteiger partial charge in [0.15, 0.2) is 11.5 Å². The van der Waals surface area contributed by atoms with E-state index in [0.29, 0.717) is 23.3 Å². The van der Waals surface area contributed by atoms with Crippen LogP contribution in [0.25, 0.3) is 0 Å². The molecule has 1 heterocycles. The number of hydrogen-bond donors (Lipinski definition) is 2. The lowest BCUT2D eigenvalue weighted by molar-refractivity contribution is -0.135. The highest BCUT2D eigenvalue weighted by atomic mass is 16.6. The molecule has 2 N–H and O–H groups in total. The summed E-state index contributed by atoms with van der Waals surface area (Å²) in [6.45, 7) is 0.132. The van der Waals surface area contributed by atoms with E-state index in [4.69, 9.17) is 9.47 Å². The molecule has 0 saturated heterocycles. The fraction of sp³-hybridized carbons (Fsp3) is 0.529. The van der Waals surface area contributed by atoms with E-state index in [0.717, 1.165) is 12.8 Å². The molecule has 3 aliphatic rings. The molecule has 6 nitrogen and oxygen atoms in total. The Morgan fingerprint density at radius 3 is 2.35 bits per heavy atom. The lowest BCUT2D eigenvalue weighted by atomic mass is 10.0. The van der Waals surface area contributed by atoms with E-state index in [2.05, 4.69) is 10.9 Å². The second-order valence-corrected chi connectivity index (χ2v) is 6.48. The molecule has 3 unspecified atom stereocenters. The Balaban J connectivity index is 1.29. The van der Waals surface area contributed by atoms with Crippen molar-refractivity contribution in [1.29, 1.82) is 0 Å². The van der Waals surface area contributed by atoms with Gasteiger partial charge in [0, 0.05) is 5.92 Å². The third-order valence-electron chi connectivity index (χ3n) is 5.07. The van der Waals surface area contributed by atoms with Crippen LogP contribution in [-0.2, 0) is 9.59 Å². The molecule has 2 amide bonds. The van der Waals surface area contributed by atoms with Crippen LogP contribution in [0.3, 0.4) is 0 Å². The number of benzene rings is 1. The van der Waals surface area contributed by atoms with E-state index in [1.54, 1.807) is 12.1 Å². The first-order valence-electron chi connectivity index (χ1n) is 8.22. The van der Waals surface area contributed by atoms with E-state index in [1.807, 2.05) is 12.1 Å². The second-order valence-electron chi connectivity index (χ2n) is 6.48. The van der Waals surface area contributed by atoms with E-state index in [1.165, 1.54) is 12.8 Å². The minimum Gasteiger partial charge on any atom is -0.485 e. The van der Waals surface area contributed by atoms with Crippen molar-refractivity contribution < 1.29 is 19.1 Å². The van der Waals surface area contributed by atoms with Crippen molar-refractivity contribution in [3.8, 4) is 11.5 Å². The fourth-order valence-electron chi connectivity index (χ4n) is 3.82. The molecule has 2 saturated carbocycles. The number of nitrogens with one attached hydrogen (secondary N) is 2. The summed E-state index contributed by atoms with van der Waals surface area (Å²) in [5.74, 6) is 1.80. The van der Waals surface area contributed by atoms with E-state index in [-0.39, 0.29) is 18.4 Å². The lowest BCUT2D eigenvalue weighted by Crippen LogP contribution is -2.51. The van der Waals surface area contributed by atoms with Crippen molar-refractivity contribution in [2.24, 2.45) is 17.8 Å². The number of rotatable bonds is 2. The Morgan fingerprint density at radius 1 is 0.957 bits per heavy atom. The first-order valence-corrected chi connectivity index (χ1v) is 8.22. The molecule has 1 aromatic rings. The highest BCUT2D eigenvalue weighted by Gasteiger charge is 2.54. The normalized spacial score (nSPS) is 30.8. The Kier molecular flexibility index (Phi) is 3.59. The van der Waals surface area contributed by atoms with Crippen molar-refractivity contribution in [2.45, 2.75) is 31.8 Å². The Hall–Kier alpha value is -2.24. The molecular weight excluding hydrogens is 296 g/mol. The summed E-state index contributed by atoms with van der Waals surface area (Å²) in [6, 6.07) is 7.21. The van der Waals surface area contributed by atoms with Gasteiger partial charge in [-0.3, -0.25) is 20.4 Å². The summed E-state index contributed by atoms with van der Waals surface area (Å²) in [5, 5.41) is 0. The number of para-hydroxylation sites is 2. The van der Waals surface area contributed by atoms with E-state index >= 15 is 0 Å². The summed E-state index contributed by atoms with van der Waals surface area (Å²) in [6.07, 6.45) is 3.93. The van der Waals surface area contributed by atoms with Crippen LogP contribution in [-0.4, -0.2) is 24.5 Å². The van der Waals surface area contributed by atoms with Gasteiger partial charge >= 0.3 is 0 Å². The maximum absolute atomic E-state index is 12.2. The molecule has 4 rings (SSSR count). The van der Waals surface area contributed by atoms with Gasteiger partial charge in [0.1, 0.15) is 6.61 Å². The van der Waals surface area contributed by atoms with Crippen LogP contribution in [0.4, 0.5) is 0 Å². The first kappa shape index (κ1) is 14.4. The number of amides is 2. The molecule has 6 heteroatoms. The van der Waals surface area contributed by atoms with Crippen LogP contribution in [0.1, 0.15) is 25.7 Å². The first-order chi connectivity index (χ1) is 11.2. The monoisotopic (exact) mass is 316 g/mol. The topological polar surface area (TPSA) is 76.7 Å². The molecule has 2 fully saturated rings. The van der Waals surface area contributed by atoms with Crippen LogP contribution >= 0.6 is 0 Å². The minimum atomic E-state index is -0.758. The molecule has 1 aromatic carbocycles. The fourth-order valence-corrected chi connectivity index (χ4v) is 3.82. The summed E-state index contributed by atoms with van der Waals surface area (Å²) in [5.41, 5.74) is 5.02. The summed E-state index contributed by atoms with van der Waals surface area (Å²) < 4.78 is 11.1. The van der Waals surface area contributed by atoms with Crippen molar-refractivity contribution in [3.63, 3.8) is 0 Å². The molecule has 0 radical (unpaired) electrons. The van der Waals surface area contributed by atoms with E-state index < -0.39 is 12.0 Å². The number of carbonyl (C=O) groups is 2. The highest BCUT2D eigenvalue weighted by Crippen LogP contribution is 2.55. The summed E-state index contributed by atoms with van der Waals surface area (Å²) in [4.78, 5) is 24.3. The molecular formula is C17H20N2O4. The number of carbonyl (C=O) groups excluding carboxylic acids is 2. The lowest BCUT2D eigenvalue weighted by Gasteiger charge is -2.25. The zero-order valence-corrected chi connectivity index (χ0v) is 12.8. The Labute approximate surface area is 134 Å². The third kappa shape index (κ3) is 2.73. The maximum atomic E-state index is 12.2. The molecule has 3 atom stereocenters. The quantitative estimate of drug-likeness (QED) is 0.809. The SMILES string of the molecule is O=C(NNC(=O)C1C2CCCCC21)C1COc2ccccc2O1. The third-order valence-corrected chi connectivity index (χ3v) is 5.07. The van der Waals surface area contributed by atoms with Crippen LogP contribution < -0.4 is 20.3 Å². The molecule has 0 bridgehead atoms. The van der Waals surface area contributed by atoms with Gasteiger partial charge in [-0.15, -0.1) is 0 Å². The molecule has 122 valence electrons. The zero-order valence-electron chi connectivity index (χ0n) is 12.8. The molecule has 2 aliphatic carbocycles. The minimum absolute atomic E-state index is 0.0713. The van der Waals surface area contributed by atoms with Crippen molar-refractivity contribution in [3.05, 3.63) is 24.3 Å². The van der Waals surface area contributed by atoms with Gasteiger partial charge in [-0.05, 0) is 36.8 Å². The Bertz CT molecular complexity index is 621. The van der Waals surface area contributed by atoms with Crippen LogP contribution in [0.15, 0.2) is 24.3 Å². The Morgan fingerprint density at radius 2 is 1.61 bits per heavy atom. The molecule has 23 heavy (non-hydrogen) atoms. The van der Waals surface area contributed by atoms with E-state index in [9.17, 15) is 9.59 Å². The standard InChI is InChI=1S/C17H20N2O4/c20-16(14-9-22-12-7-3-4-8-13(12)23-14)18-19-17(21)15-10-5-1-2-6-11(10)15/h3-4,7-8,10-11,14-15H,1-2,5-6,9H2,(H,18,20)(H,19,21). The van der Waals surface area contributed by atoms with Gasteiger partial charge in [0.2, 0.25) is 12.0 Å². The number of ether oxygens (including phenoxy) is 2. The average Bonchev–Trinajstić information content (AvgIpc) is 3.33.